The van der Waals surface area contributed by atoms with Gasteiger partial charge in [-0.1, -0.05) is 11.6 Å². The summed E-state index contributed by atoms with van der Waals surface area (Å²) in [6, 6.07) is 7.25. The molecule has 0 saturated carbocycles. The first-order valence-corrected chi connectivity index (χ1v) is 8.12. The molecule has 0 spiro atoms. The highest BCUT2D eigenvalue weighted by atomic mass is 127. The molecule has 23 heavy (non-hydrogen) atoms. The maximum Gasteiger partial charge on any atom is 0.337 e. The topological polar surface area (TPSA) is 75.1 Å². The van der Waals surface area contributed by atoms with E-state index in [9.17, 15) is 9.90 Å². The van der Waals surface area contributed by atoms with Crippen LogP contribution >= 0.6 is 34.2 Å². The number of carboxylic acid groups (broad SMARTS) is 1. The smallest absolute Gasteiger partial charge is 0.337 e. The number of aromatic carboxylic acids is 1. The Balaban J connectivity index is 2.24. The van der Waals surface area contributed by atoms with Gasteiger partial charge in [-0.15, -0.1) is 0 Å². The molecule has 0 unspecified atom stereocenters. The van der Waals surface area contributed by atoms with Gasteiger partial charge in [0.2, 0.25) is 0 Å². The lowest BCUT2D eigenvalue weighted by Crippen LogP contribution is -2.06. The van der Waals surface area contributed by atoms with Crippen molar-refractivity contribution in [2.75, 3.05) is 5.32 Å². The number of rotatable bonds is 3. The molecule has 116 valence electrons. The number of aromatic nitrogens is 2. The standard InChI is InChI=1S/C16H11ClIN3O2/c1-8-6-9(18)2-3-12(8)21-13-10(16(22)23)7-11(17)14-15(13)20-5-4-19-14/h2-7,21H,1H3,(H,22,23). The molecule has 0 fully saturated rings. The number of nitrogens with zero attached hydrogens (tertiary/aromatic N) is 2. The molecule has 3 rings (SSSR count). The third kappa shape index (κ3) is 3.09. The van der Waals surface area contributed by atoms with Crippen LogP contribution in [-0.2, 0) is 0 Å². The number of carboxylic acids is 1. The molecule has 2 N–H and O–H groups in total. The first-order chi connectivity index (χ1) is 11.0. The van der Waals surface area contributed by atoms with Crippen LogP contribution in [0.2, 0.25) is 5.02 Å². The summed E-state index contributed by atoms with van der Waals surface area (Å²) >= 11 is 8.37. The number of anilines is 2. The molecular formula is C16H11ClIN3O2. The summed E-state index contributed by atoms with van der Waals surface area (Å²) in [5, 5.41) is 12.9. The monoisotopic (exact) mass is 439 g/mol. The number of aryl methyl sites for hydroxylation is 1. The largest absolute Gasteiger partial charge is 0.478 e. The Morgan fingerprint density at radius 2 is 1.91 bits per heavy atom. The van der Waals surface area contributed by atoms with Crippen LogP contribution in [0.5, 0.6) is 0 Å². The average Bonchev–Trinajstić information content (AvgIpc) is 2.52. The predicted molar refractivity (Wildman–Crippen MR) is 98.7 cm³/mol. The quantitative estimate of drug-likeness (QED) is 0.582. The van der Waals surface area contributed by atoms with E-state index in [4.69, 9.17) is 11.6 Å². The fourth-order valence-corrected chi connectivity index (χ4v) is 3.18. The van der Waals surface area contributed by atoms with Crippen molar-refractivity contribution in [1.29, 1.82) is 0 Å². The van der Waals surface area contributed by atoms with Crippen molar-refractivity contribution in [2.24, 2.45) is 0 Å². The summed E-state index contributed by atoms with van der Waals surface area (Å²) in [6.07, 6.45) is 3.03. The van der Waals surface area contributed by atoms with Crippen molar-refractivity contribution in [1.82, 2.24) is 9.97 Å². The van der Waals surface area contributed by atoms with Crippen molar-refractivity contribution in [3.63, 3.8) is 0 Å². The lowest BCUT2D eigenvalue weighted by Gasteiger charge is -2.15. The van der Waals surface area contributed by atoms with Gasteiger partial charge in [0, 0.05) is 21.7 Å². The average molecular weight is 440 g/mol. The molecule has 0 bridgehead atoms. The molecule has 3 aromatic rings. The van der Waals surface area contributed by atoms with Gasteiger partial charge >= 0.3 is 5.97 Å². The molecule has 1 aromatic heterocycles. The predicted octanol–water partition coefficient (Wildman–Crippen LogP) is 4.64. The number of carbonyl (C=O) groups is 1. The Bertz CT molecular complexity index is 931. The third-order valence-electron chi connectivity index (χ3n) is 3.38. The van der Waals surface area contributed by atoms with Crippen LogP contribution in [0.1, 0.15) is 15.9 Å². The number of hydrogen-bond donors (Lipinski definition) is 2. The molecule has 0 atom stereocenters. The summed E-state index contributed by atoms with van der Waals surface area (Å²) in [5.74, 6) is -1.08. The van der Waals surface area contributed by atoms with Gasteiger partial charge in [0.25, 0.3) is 0 Å². The second-order valence-electron chi connectivity index (χ2n) is 4.92. The van der Waals surface area contributed by atoms with Crippen LogP contribution in [0.25, 0.3) is 11.0 Å². The van der Waals surface area contributed by atoms with Crippen molar-refractivity contribution in [2.45, 2.75) is 6.92 Å². The molecule has 0 aliphatic heterocycles. The van der Waals surface area contributed by atoms with E-state index >= 15 is 0 Å². The van der Waals surface area contributed by atoms with E-state index < -0.39 is 5.97 Å². The molecule has 0 radical (unpaired) electrons. The second kappa shape index (κ2) is 6.29. The van der Waals surface area contributed by atoms with Gasteiger partial charge in [-0.05, 0) is 59.3 Å². The molecule has 0 aliphatic carbocycles. The van der Waals surface area contributed by atoms with Gasteiger partial charge in [-0.25, -0.2) is 4.79 Å². The van der Waals surface area contributed by atoms with E-state index in [1.54, 1.807) is 0 Å². The Morgan fingerprint density at radius 1 is 1.22 bits per heavy atom. The first kappa shape index (κ1) is 15.9. The van der Waals surface area contributed by atoms with Gasteiger partial charge in [-0.3, -0.25) is 9.97 Å². The number of nitrogens with one attached hydrogen (secondary N) is 1. The van der Waals surface area contributed by atoms with Crippen molar-refractivity contribution < 1.29 is 9.90 Å². The van der Waals surface area contributed by atoms with Crippen LogP contribution in [-0.4, -0.2) is 21.0 Å². The first-order valence-electron chi connectivity index (χ1n) is 6.67. The minimum atomic E-state index is -1.08. The molecule has 5 nitrogen and oxygen atoms in total. The van der Waals surface area contributed by atoms with Crippen LogP contribution in [0.3, 0.4) is 0 Å². The molecule has 0 amide bonds. The van der Waals surface area contributed by atoms with Crippen LogP contribution in [0.4, 0.5) is 11.4 Å². The maximum atomic E-state index is 11.6. The van der Waals surface area contributed by atoms with E-state index in [-0.39, 0.29) is 10.6 Å². The number of fused-ring (bicyclic) bond motifs is 1. The Kier molecular flexibility index (Phi) is 4.36. The SMILES string of the molecule is Cc1cc(I)ccc1Nc1c(C(=O)O)cc(Cl)c2nccnc12. The molecular weight excluding hydrogens is 429 g/mol. The van der Waals surface area contributed by atoms with E-state index in [2.05, 4.69) is 37.9 Å². The lowest BCUT2D eigenvalue weighted by atomic mass is 10.1. The second-order valence-corrected chi connectivity index (χ2v) is 6.58. The summed E-state index contributed by atoms with van der Waals surface area (Å²) in [7, 11) is 0. The van der Waals surface area contributed by atoms with Crippen molar-refractivity contribution in [3.8, 4) is 0 Å². The van der Waals surface area contributed by atoms with Crippen molar-refractivity contribution in [3.05, 3.63) is 56.4 Å². The highest BCUT2D eigenvalue weighted by molar-refractivity contribution is 14.1. The van der Waals surface area contributed by atoms with E-state index in [1.807, 2.05) is 25.1 Å². The van der Waals surface area contributed by atoms with Gasteiger partial charge in [-0.2, -0.15) is 0 Å². The van der Waals surface area contributed by atoms with Crippen LogP contribution < -0.4 is 5.32 Å². The minimum absolute atomic E-state index is 0.0564. The summed E-state index contributed by atoms with van der Waals surface area (Å²) < 4.78 is 1.10. The number of benzene rings is 2. The zero-order valence-electron chi connectivity index (χ0n) is 12.0. The molecule has 1 heterocycles. The van der Waals surface area contributed by atoms with E-state index in [1.165, 1.54) is 18.5 Å². The van der Waals surface area contributed by atoms with E-state index in [0.717, 1.165) is 14.8 Å². The van der Waals surface area contributed by atoms with Crippen molar-refractivity contribution >= 4 is 62.6 Å². The molecule has 7 heteroatoms. The van der Waals surface area contributed by atoms with Gasteiger partial charge in [0.05, 0.1) is 16.3 Å². The Morgan fingerprint density at radius 3 is 2.57 bits per heavy atom. The third-order valence-corrected chi connectivity index (χ3v) is 4.34. The van der Waals surface area contributed by atoms with Gasteiger partial charge in [0.15, 0.2) is 0 Å². The fraction of sp³-hybridized carbons (Fsp3) is 0.0625. The van der Waals surface area contributed by atoms with E-state index in [0.29, 0.717) is 16.7 Å². The minimum Gasteiger partial charge on any atom is -0.478 e. The Hall–Kier alpha value is -1.93. The lowest BCUT2D eigenvalue weighted by molar-refractivity contribution is 0.0698. The van der Waals surface area contributed by atoms with Gasteiger partial charge < -0.3 is 10.4 Å². The number of halogens is 2. The fourth-order valence-electron chi connectivity index (χ4n) is 2.29. The molecule has 0 aliphatic rings. The summed E-state index contributed by atoms with van der Waals surface area (Å²) in [6.45, 7) is 1.95. The zero-order valence-corrected chi connectivity index (χ0v) is 14.9. The zero-order chi connectivity index (χ0) is 16.6. The summed E-state index contributed by atoms with van der Waals surface area (Å²) in [4.78, 5) is 20.0. The van der Waals surface area contributed by atoms with Crippen LogP contribution in [0, 0.1) is 10.5 Å². The molecule has 0 saturated heterocycles. The Labute approximate surface area is 150 Å². The van der Waals surface area contributed by atoms with Crippen LogP contribution in [0.15, 0.2) is 36.7 Å². The summed E-state index contributed by atoms with van der Waals surface area (Å²) in [5.41, 5.74) is 3.14. The van der Waals surface area contributed by atoms with Gasteiger partial charge in [0.1, 0.15) is 11.0 Å². The molecule has 2 aromatic carbocycles. The normalized spacial score (nSPS) is 10.7. The maximum absolute atomic E-state index is 11.6. The highest BCUT2D eigenvalue weighted by Crippen LogP contribution is 2.34. The number of hydrogen-bond acceptors (Lipinski definition) is 4. The highest BCUT2D eigenvalue weighted by Gasteiger charge is 2.18.